The Bertz CT molecular complexity index is 1160. The van der Waals surface area contributed by atoms with Crippen LogP contribution in [0.4, 0.5) is 33.3 Å². The third kappa shape index (κ3) is 6.77. The van der Waals surface area contributed by atoms with Crippen molar-refractivity contribution in [3.8, 4) is 0 Å². The van der Waals surface area contributed by atoms with E-state index in [4.69, 9.17) is 4.74 Å². The number of anilines is 1. The Kier molecular flexibility index (Phi) is 8.49. The van der Waals surface area contributed by atoms with E-state index in [-0.39, 0.29) is 36.3 Å². The minimum Gasteiger partial charge on any atom is -0.382 e. The first-order valence-corrected chi connectivity index (χ1v) is 12.5. The minimum atomic E-state index is -4.84. The number of piperidine rings is 1. The number of ether oxygens (including phenoxy) is 1. The van der Waals surface area contributed by atoms with Gasteiger partial charge in [-0.25, -0.2) is 8.78 Å². The molecule has 1 aliphatic carbocycles. The second-order valence-corrected chi connectivity index (χ2v) is 9.74. The first kappa shape index (κ1) is 27.7. The normalized spacial score (nSPS) is 20.8. The van der Waals surface area contributed by atoms with Crippen LogP contribution in [0.3, 0.4) is 0 Å². The topological polar surface area (TPSA) is 84.7 Å². The van der Waals surface area contributed by atoms with E-state index in [1.165, 1.54) is 18.2 Å². The molecule has 7 nitrogen and oxygen atoms in total. The zero-order chi connectivity index (χ0) is 27.4. The third-order valence-corrected chi connectivity index (χ3v) is 7.24. The molecule has 1 saturated heterocycles. The van der Waals surface area contributed by atoms with Crippen LogP contribution < -0.4 is 5.32 Å². The predicted octanol–water partition coefficient (Wildman–Crippen LogP) is 6.04. The maximum atomic E-state index is 14.1. The molecule has 2 aliphatic rings. The summed E-state index contributed by atoms with van der Waals surface area (Å²) in [5, 5.41) is 14.0. The SMILES string of the molecule is O=C(CO[C@H]1CC[C@H](Nc2ccc([N+](=O)[O-])c(C(F)(F)F)c2)CC1)N1CCC(c2ccc(F)cc2F)CC1. The maximum Gasteiger partial charge on any atom is 0.423 e. The fourth-order valence-electron chi connectivity index (χ4n) is 5.17. The molecule has 0 bridgehead atoms. The lowest BCUT2D eigenvalue weighted by atomic mass is 9.89. The number of nitro benzene ring substituents is 1. The summed E-state index contributed by atoms with van der Waals surface area (Å²) in [5.74, 6) is -1.43. The molecule has 1 heterocycles. The summed E-state index contributed by atoms with van der Waals surface area (Å²) in [5.41, 5.74) is -1.67. The number of rotatable bonds is 7. The van der Waals surface area contributed by atoms with Gasteiger partial charge in [-0.05, 0) is 68.2 Å². The van der Waals surface area contributed by atoms with Crippen molar-refractivity contribution >= 4 is 17.3 Å². The van der Waals surface area contributed by atoms with Crippen LogP contribution >= 0.6 is 0 Å². The van der Waals surface area contributed by atoms with Crippen LogP contribution in [0.1, 0.15) is 55.6 Å². The molecule has 0 radical (unpaired) electrons. The molecule has 0 aromatic heterocycles. The summed E-state index contributed by atoms with van der Waals surface area (Å²) in [6.07, 6.45) is -1.44. The number of benzene rings is 2. The van der Waals surface area contributed by atoms with E-state index < -0.39 is 34.0 Å². The largest absolute Gasteiger partial charge is 0.423 e. The number of carbonyl (C=O) groups excluding carboxylic acids is 1. The molecule has 0 atom stereocenters. The number of carbonyl (C=O) groups is 1. The number of halogens is 5. The predicted molar refractivity (Wildman–Crippen MR) is 129 cm³/mol. The molecule has 1 aliphatic heterocycles. The average Bonchev–Trinajstić information content (AvgIpc) is 2.87. The number of likely N-dealkylation sites (tertiary alicyclic amines) is 1. The fourth-order valence-corrected chi connectivity index (χ4v) is 5.17. The van der Waals surface area contributed by atoms with Crippen LogP contribution in [-0.2, 0) is 15.7 Å². The van der Waals surface area contributed by atoms with Crippen LogP contribution in [0.15, 0.2) is 36.4 Å². The number of alkyl halides is 3. The quantitative estimate of drug-likeness (QED) is 0.263. The summed E-state index contributed by atoms with van der Waals surface area (Å²) in [6, 6.07) is 6.31. The molecule has 0 spiro atoms. The van der Waals surface area contributed by atoms with Gasteiger partial charge >= 0.3 is 6.18 Å². The van der Waals surface area contributed by atoms with Crippen LogP contribution in [0.2, 0.25) is 0 Å². The van der Waals surface area contributed by atoms with E-state index in [1.807, 2.05) is 0 Å². The lowest BCUT2D eigenvalue weighted by molar-refractivity contribution is -0.388. The summed E-state index contributed by atoms with van der Waals surface area (Å²) < 4.78 is 72.7. The first-order chi connectivity index (χ1) is 18.0. The molecule has 2 aromatic rings. The number of nitrogens with zero attached hydrogens (tertiary/aromatic N) is 2. The van der Waals surface area contributed by atoms with E-state index in [0.29, 0.717) is 57.2 Å². The molecular formula is C26H28F5N3O4. The van der Waals surface area contributed by atoms with Gasteiger partial charge in [-0.3, -0.25) is 14.9 Å². The van der Waals surface area contributed by atoms with Crippen molar-refractivity contribution in [1.82, 2.24) is 4.90 Å². The summed E-state index contributed by atoms with van der Waals surface area (Å²) in [6.45, 7) is 0.820. The highest BCUT2D eigenvalue weighted by Crippen LogP contribution is 2.38. The van der Waals surface area contributed by atoms with Gasteiger partial charge < -0.3 is 15.0 Å². The highest BCUT2D eigenvalue weighted by molar-refractivity contribution is 5.77. The van der Waals surface area contributed by atoms with Crippen molar-refractivity contribution in [3.63, 3.8) is 0 Å². The van der Waals surface area contributed by atoms with Gasteiger partial charge in [0.1, 0.15) is 23.8 Å². The number of nitro groups is 1. The van der Waals surface area contributed by atoms with E-state index >= 15 is 0 Å². The molecule has 1 amide bonds. The van der Waals surface area contributed by atoms with Crippen molar-refractivity contribution in [2.45, 2.75) is 62.8 Å². The van der Waals surface area contributed by atoms with Gasteiger partial charge in [0.15, 0.2) is 0 Å². The Morgan fingerprint density at radius 3 is 2.32 bits per heavy atom. The molecule has 4 rings (SSSR count). The number of hydrogen-bond donors (Lipinski definition) is 1. The molecule has 1 N–H and O–H groups in total. The summed E-state index contributed by atoms with van der Waals surface area (Å²) >= 11 is 0. The van der Waals surface area contributed by atoms with Gasteiger partial charge in [0.05, 0.1) is 11.0 Å². The molecule has 2 fully saturated rings. The standard InChI is InChI=1S/C26H28F5N3O4/c27-17-1-7-21(23(28)13-17)16-9-11-33(12-10-16)25(35)15-38-20-5-2-18(3-6-20)32-19-4-8-24(34(36)37)22(14-19)26(29,30)31/h1,4,7-8,13-14,16,18,20,32H,2-3,5-6,9-12,15H2/t18-,20-. The maximum absolute atomic E-state index is 14.1. The van der Waals surface area contributed by atoms with Gasteiger partial charge in [-0.15, -0.1) is 0 Å². The van der Waals surface area contributed by atoms with Crippen LogP contribution in [0.25, 0.3) is 0 Å². The minimum absolute atomic E-state index is 0.0775. The molecule has 0 unspecified atom stereocenters. The Balaban J connectivity index is 1.21. The second kappa shape index (κ2) is 11.6. The van der Waals surface area contributed by atoms with Gasteiger partial charge in [0.2, 0.25) is 5.91 Å². The Morgan fingerprint density at radius 2 is 1.71 bits per heavy atom. The lowest BCUT2D eigenvalue weighted by Gasteiger charge is -2.33. The second-order valence-electron chi connectivity index (χ2n) is 9.74. The average molecular weight is 542 g/mol. The smallest absolute Gasteiger partial charge is 0.382 e. The summed E-state index contributed by atoms with van der Waals surface area (Å²) in [7, 11) is 0. The molecule has 38 heavy (non-hydrogen) atoms. The molecule has 1 saturated carbocycles. The van der Waals surface area contributed by atoms with Gasteiger partial charge in [-0.2, -0.15) is 13.2 Å². The fraction of sp³-hybridized carbons (Fsp3) is 0.500. The van der Waals surface area contributed by atoms with Crippen LogP contribution in [0, 0.1) is 21.7 Å². The van der Waals surface area contributed by atoms with Crippen molar-refractivity contribution in [1.29, 1.82) is 0 Å². The molecule has 206 valence electrons. The van der Waals surface area contributed by atoms with Crippen molar-refractivity contribution in [2.75, 3.05) is 25.0 Å². The van der Waals surface area contributed by atoms with E-state index in [0.717, 1.165) is 18.2 Å². The highest BCUT2D eigenvalue weighted by atomic mass is 19.4. The van der Waals surface area contributed by atoms with Crippen molar-refractivity contribution < 1.29 is 36.4 Å². The number of nitrogens with one attached hydrogen (secondary N) is 1. The zero-order valence-electron chi connectivity index (χ0n) is 20.5. The van der Waals surface area contributed by atoms with Gasteiger partial charge in [-0.1, -0.05) is 6.07 Å². The Labute approximate surface area is 216 Å². The van der Waals surface area contributed by atoms with E-state index in [1.54, 1.807) is 4.90 Å². The van der Waals surface area contributed by atoms with Crippen molar-refractivity contribution in [2.24, 2.45) is 0 Å². The first-order valence-electron chi connectivity index (χ1n) is 12.5. The van der Waals surface area contributed by atoms with Crippen molar-refractivity contribution in [3.05, 3.63) is 69.3 Å². The van der Waals surface area contributed by atoms with Crippen LogP contribution in [-0.4, -0.2) is 47.6 Å². The van der Waals surface area contributed by atoms with E-state index in [9.17, 15) is 36.9 Å². The van der Waals surface area contributed by atoms with Gasteiger partial charge in [0, 0.05) is 37.0 Å². The number of hydrogen-bond acceptors (Lipinski definition) is 5. The Morgan fingerprint density at radius 1 is 1.03 bits per heavy atom. The summed E-state index contributed by atoms with van der Waals surface area (Å²) in [4.78, 5) is 24.2. The molecule has 12 heteroatoms. The third-order valence-electron chi connectivity index (χ3n) is 7.24. The van der Waals surface area contributed by atoms with Crippen LogP contribution in [0.5, 0.6) is 0 Å². The van der Waals surface area contributed by atoms with Gasteiger partial charge in [0.25, 0.3) is 5.69 Å². The molecular weight excluding hydrogens is 513 g/mol. The lowest BCUT2D eigenvalue weighted by Crippen LogP contribution is -2.41. The highest BCUT2D eigenvalue weighted by Gasteiger charge is 2.38. The number of amides is 1. The monoisotopic (exact) mass is 541 g/mol. The molecule has 2 aromatic carbocycles. The zero-order valence-corrected chi connectivity index (χ0v) is 20.5. The Hall–Kier alpha value is -3.28. The van der Waals surface area contributed by atoms with E-state index in [2.05, 4.69) is 5.32 Å².